The molecule has 0 unspecified atom stereocenters. The Morgan fingerprint density at radius 3 is 2.80 bits per heavy atom. The standard InChI is InChI=1S/C15H12O5/c16-13-10-4-2-1-3-9(10)5-6-11(13)14(17)20-12-7-8-19-15(12)18/h1-6,12,16H,7-8H2/t12-/m1/s1. The number of ether oxygens (including phenoxy) is 2. The number of phenols is 1. The molecule has 1 atom stereocenters. The Balaban J connectivity index is 1.91. The van der Waals surface area contributed by atoms with E-state index in [2.05, 4.69) is 0 Å². The predicted octanol–water partition coefficient (Wildman–Crippen LogP) is 2.02. The lowest BCUT2D eigenvalue weighted by atomic mass is 10.1. The molecule has 3 rings (SSSR count). The van der Waals surface area contributed by atoms with Crippen LogP contribution in [0.3, 0.4) is 0 Å². The largest absolute Gasteiger partial charge is 0.506 e. The van der Waals surface area contributed by atoms with Crippen molar-refractivity contribution in [2.75, 3.05) is 6.61 Å². The Labute approximate surface area is 114 Å². The van der Waals surface area contributed by atoms with Crippen LogP contribution in [0.4, 0.5) is 0 Å². The smallest absolute Gasteiger partial charge is 0.347 e. The first-order valence-corrected chi connectivity index (χ1v) is 6.25. The van der Waals surface area contributed by atoms with Crippen LogP contribution in [0.5, 0.6) is 5.75 Å². The third-order valence-electron chi connectivity index (χ3n) is 3.26. The van der Waals surface area contributed by atoms with E-state index in [1.54, 1.807) is 18.2 Å². The molecule has 0 bridgehead atoms. The van der Waals surface area contributed by atoms with Gasteiger partial charge >= 0.3 is 11.9 Å². The van der Waals surface area contributed by atoms with Crippen LogP contribution in [0.1, 0.15) is 16.8 Å². The highest BCUT2D eigenvalue weighted by atomic mass is 16.6. The van der Waals surface area contributed by atoms with Crippen LogP contribution in [0.15, 0.2) is 36.4 Å². The van der Waals surface area contributed by atoms with Gasteiger partial charge in [-0.2, -0.15) is 0 Å². The molecule has 0 aliphatic carbocycles. The van der Waals surface area contributed by atoms with Gasteiger partial charge in [0.15, 0.2) is 0 Å². The van der Waals surface area contributed by atoms with Gasteiger partial charge in [-0.1, -0.05) is 30.3 Å². The zero-order valence-corrected chi connectivity index (χ0v) is 10.5. The Morgan fingerprint density at radius 1 is 1.25 bits per heavy atom. The summed E-state index contributed by atoms with van der Waals surface area (Å²) in [6, 6.07) is 10.4. The number of fused-ring (bicyclic) bond motifs is 1. The fraction of sp³-hybridized carbons (Fsp3) is 0.200. The van der Waals surface area contributed by atoms with Gasteiger partial charge in [0.1, 0.15) is 11.3 Å². The molecule has 1 aliphatic heterocycles. The van der Waals surface area contributed by atoms with Gasteiger partial charge in [-0.3, -0.25) is 0 Å². The Bertz CT molecular complexity index is 692. The fourth-order valence-electron chi connectivity index (χ4n) is 2.20. The van der Waals surface area contributed by atoms with Crippen LogP contribution in [0, 0.1) is 0 Å². The first kappa shape index (κ1) is 12.5. The van der Waals surface area contributed by atoms with Gasteiger partial charge in [0, 0.05) is 11.8 Å². The number of hydrogen-bond acceptors (Lipinski definition) is 5. The van der Waals surface area contributed by atoms with Crippen LogP contribution >= 0.6 is 0 Å². The van der Waals surface area contributed by atoms with Crippen molar-refractivity contribution in [1.29, 1.82) is 0 Å². The van der Waals surface area contributed by atoms with Gasteiger partial charge in [-0.05, 0) is 11.5 Å². The maximum absolute atomic E-state index is 12.0. The molecule has 5 heteroatoms. The second-order valence-electron chi connectivity index (χ2n) is 4.53. The summed E-state index contributed by atoms with van der Waals surface area (Å²) in [6.45, 7) is 0.250. The molecule has 0 amide bonds. The van der Waals surface area contributed by atoms with E-state index in [4.69, 9.17) is 9.47 Å². The van der Waals surface area contributed by atoms with E-state index in [1.165, 1.54) is 6.07 Å². The van der Waals surface area contributed by atoms with Crippen LogP contribution in [-0.2, 0) is 14.3 Å². The van der Waals surface area contributed by atoms with E-state index in [1.807, 2.05) is 12.1 Å². The molecule has 1 aliphatic rings. The number of benzene rings is 2. The number of aromatic hydroxyl groups is 1. The molecule has 0 radical (unpaired) electrons. The lowest BCUT2D eigenvalue weighted by Gasteiger charge is -2.10. The average Bonchev–Trinajstić information content (AvgIpc) is 2.85. The van der Waals surface area contributed by atoms with E-state index in [9.17, 15) is 14.7 Å². The summed E-state index contributed by atoms with van der Waals surface area (Å²) in [5.41, 5.74) is 0.0448. The molecule has 1 heterocycles. The van der Waals surface area contributed by atoms with E-state index < -0.39 is 18.0 Å². The summed E-state index contributed by atoms with van der Waals surface area (Å²) >= 11 is 0. The normalized spacial score (nSPS) is 18.0. The minimum Gasteiger partial charge on any atom is -0.506 e. The van der Waals surface area contributed by atoms with Gasteiger partial charge in [-0.25, -0.2) is 9.59 Å². The summed E-state index contributed by atoms with van der Waals surface area (Å²) in [5, 5.41) is 11.5. The Morgan fingerprint density at radius 2 is 2.05 bits per heavy atom. The number of carbonyl (C=O) groups excluding carboxylic acids is 2. The van der Waals surface area contributed by atoms with Crippen molar-refractivity contribution in [1.82, 2.24) is 0 Å². The number of hydrogen-bond donors (Lipinski definition) is 1. The minimum absolute atomic E-state index is 0.0448. The lowest BCUT2D eigenvalue weighted by Crippen LogP contribution is -2.22. The Kier molecular flexibility index (Phi) is 3.02. The number of phenolic OH excluding ortho intramolecular Hbond substituents is 1. The van der Waals surface area contributed by atoms with Gasteiger partial charge in [-0.15, -0.1) is 0 Å². The minimum atomic E-state index is -0.881. The molecule has 1 saturated heterocycles. The van der Waals surface area contributed by atoms with Crippen molar-refractivity contribution in [2.45, 2.75) is 12.5 Å². The first-order chi connectivity index (χ1) is 9.66. The van der Waals surface area contributed by atoms with Crippen LogP contribution in [0.2, 0.25) is 0 Å². The molecule has 102 valence electrons. The molecule has 0 saturated carbocycles. The van der Waals surface area contributed by atoms with Crippen LogP contribution in [-0.4, -0.2) is 29.8 Å². The van der Waals surface area contributed by atoms with Gasteiger partial charge in [0.25, 0.3) is 0 Å². The zero-order chi connectivity index (χ0) is 14.1. The number of carbonyl (C=O) groups is 2. The van der Waals surface area contributed by atoms with Gasteiger partial charge in [0.2, 0.25) is 6.10 Å². The lowest BCUT2D eigenvalue weighted by molar-refractivity contribution is -0.145. The van der Waals surface area contributed by atoms with Gasteiger partial charge in [0.05, 0.1) is 6.61 Å². The van der Waals surface area contributed by atoms with E-state index in [0.29, 0.717) is 11.8 Å². The second-order valence-corrected chi connectivity index (χ2v) is 4.53. The van der Waals surface area contributed by atoms with Crippen molar-refractivity contribution in [3.05, 3.63) is 42.0 Å². The molecule has 0 spiro atoms. The maximum atomic E-state index is 12.0. The number of cyclic esters (lactones) is 1. The fourth-order valence-corrected chi connectivity index (χ4v) is 2.20. The van der Waals surface area contributed by atoms with Crippen molar-refractivity contribution in [2.24, 2.45) is 0 Å². The summed E-state index contributed by atoms with van der Waals surface area (Å²) in [7, 11) is 0. The first-order valence-electron chi connectivity index (χ1n) is 6.25. The third kappa shape index (κ3) is 2.07. The molecule has 0 aromatic heterocycles. The molecule has 20 heavy (non-hydrogen) atoms. The Hall–Kier alpha value is -2.56. The molecule has 1 fully saturated rings. The average molecular weight is 272 g/mol. The molecule has 5 nitrogen and oxygen atoms in total. The second kappa shape index (κ2) is 4.85. The highest BCUT2D eigenvalue weighted by Gasteiger charge is 2.31. The van der Waals surface area contributed by atoms with Crippen molar-refractivity contribution in [3.8, 4) is 5.75 Å². The number of rotatable bonds is 2. The SMILES string of the molecule is O=C(O[C@@H]1CCOC1=O)c1ccc2ccccc2c1O. The molecular formula is C15H12O5. The quantitative estimate of drug-likeness (QED) is 0.847. The summed E-state index contributed by atoms with van der Waals surface area (Å²) in [6.07, 6.45) is -0.535. The van der Waals surface area contributed by atoms with Crippen molar-refractivity contribution < 1.29 is 24.2 Å². The summed E-state index contributed by atoms with van der Waals surface area (Å²) in [5.74, 6) is -1.41. The zero-order valence-electron chi connectivity index (χ0n) is 10.5. The molecular weight excluding hydrogens is 260 g/mol. The van der Waals surface area contributed by atoms with Crippen molar-refractivity contribution >= 4 is 22.7 Å². The third-order valence-corrected chi connectivity index (χ3v) is 3.26. The molecule has 2 aromatic rings. The highest BCUT2D eigenvalue weighted by Crippen LogP contribution is 2.29. The summed E-state index contributed by atoms with van der Waals surface area (Å²) in [4.78, 5) is 23.3. The topological polar surface area (TPSA) is 72.8 Å². The number of esters is 2. The van der Waals surface area contributed by atoms with Crippen molar-refractivity contribution in [3.63, 3.8) is 0 Å². The van der Waals surface area contributed by atoms with Gasteiger partial charge < -0.3 is 14.6 Å². The predicted molar refractivity (Wildman–Crippen MR) is 70.4 cm³/mol. The maximum Gasteiger partial charge on any atom is 0.347 e. The van der Waals surface area contributed by atoms with Crippen LogP contribution in [0.25, 0.3) is 10.8 Å². The van der Waals surface area contributed by atoms with E-state index in [0.717, 1.165) is 5.39 Å². The molecule has 1 N–H and O–H groups in total. The van der Waals surface area contributed by atoms with E-state index in [-0.39, 0.29) is 17.9 Å². The summed E-state index contributed by atoms with van der Waals surface area (Å²) < 4.78 is 9.79. The monoisotopic (exact) mass is 272 g/mol. The molecule has 2 aromatic carbocycles. The highest BCUT2D eigenvalue weighted by molar-refractivity contribution is 6.01. The van der Waals surface area contributed by atoms with E-state index >= 15 is 0 Å². The van der Waals surface area contributed by atoms with Crippen LogP contribution < -0.4 is 0 Å².